The number of aryl methyl sites for hydroxylation is 4. The summed E-state index contributed by atoms with van der Waals surface area (Å²) in [5, 5.41) is 0. The second-order valence-corrected chi connectivity index (χ2v) is 11.6. The quantitative estimate of drug-likeness (QED) is 0.137. The summed E-state index contributed by atoms with van der Waals surface area (Å²) in [6.07, 6.45) is 19.5. The third kappa shape index (κ3) is 9.95. The molecule has 1 fully saturated rings. The number of unbranched alkanes of at least 4 members (excludes halogenated alkanes) is 6. The lowest BCUT2D eigenvalue weighted by molar-refractivity contribution is -0.134. The van der Waals surface area contributed by atoms with E-state index in [9.17, 15) is 4.79 Å². The summed E-state index contributed by atoms with van der Waals surface area (Å²) in [6, 6.07) is 13.4. The first kappa shape index (κ1) is 29.5. The second kappa shape index (κ2) is 16.0. The van der Waals surface area contributed by atoms with Crippen LogP contribution in [0.5, 0.6) is 5.75 Å². The van der Waals surface area contributed by atoms with E-state index in [1.807, 2.05) is 12.1 Å². The SMILES string of the molecule is CCCCCCCC(=O)Oc1ccc(CCc2ccc(C3CCC(CCCCC)CC3)cc2C)c(C)c1. The summed E-state index contributed by atoms with van der Waals surface area (Å²) in [5.41, 5.74) is 6.99. The Balaban J connectivity index is 1.45. The van der Waals surface area contributed by atoms with E-state index in [2.05, 4.69) is 52.0 Å². The monoisotopic (exact) mass is 504 g/mol. The van der Waals surface area contributed by atoms with Gasteiger partial charge >= 0.3 is 5.97 Å². The van der Waals surface area contributed by atoms with Crippen LogP contribution in [0.2, 0.25) is 0 Å². The van der Waals surface area contributed by atoms with Gasteiger partial charge in [-0.25, -0.2) is 0 Å². The summed E-state index contributed by atoms with van der Waals surface area (Å²) in [4.78, 5) is 12.2. The van der Waals surface area contributed by atoms with Gasteiger partial charge in [-0.3, -0.25) is 4.79 Å². The van der Waals surface area contributed by atoms with Gasteiger partial charge in [-0.05, 0) is 111 Å². The van der Waals surface area contributed by atoms with Gasteiger partial charge in [0.2, 0.25) is 0 Å². The minimum Gasteiger partial charge on any atom is -0.427 e. The zero-order chi connectivity index (χ0) is 26.5. The third-order valence-corrected chi connectivity index (χ3v) is 8.59. The Hall–Kier alpha value is -2.09. The lowest BCUT2D eigenvalue weighted by atomic mass is 9.76. The molecule has 0 unspecified atom stereocenters. The Labute approximate surface area is 227 Å². The number of hydrogen-bond acceptors (Lipinski definition) is 2. The molecule has 2 aromatic rings. The lowest BCUT2D eigenvalue weighted by Gasteiger charge is -2.29. The number of esters is 1. The van der Waals surface area contributed by atoms with Crippen LogP contribution in [0.1, 0.15) is 137 Å². The molecule has 1 aliphatic rings. The molecule has 3 rings (SSSR count). The average molecular weight is 505 g/mol. The normalized spacial score (nSPS) is 17.6. The van der Waals surface area contributed by atoms with Gasteiger partial charge in [0.1, 0.15) is 5.75 Å². The number of carbonyl (C=O) groups excluding carboxylic acids is 1. The fourth-order valence-corrected chi connectivity index (χ4v) is 6.06. The van der Waals surface area contributed by atoms with Gasteiger partial charge in [-0.1, -0.05) is 89.5 Å². The number of hydrogen-bond donors (Lipinski definition) is 0. The Kier molecular flexibility index (Phi) is 12.7. The van der Waals surface area contributed by atoms with Gasteiger partial charge in [0.05, 0.1) is 0 Å². The van der Waals surface area contributed by atoms with Crippen LogP contribution in [0.25, 0.3) is 0 Å². The van der Waals surface area contributed by atoms with Gasteiger partial charge in [0.15, 0.2) is 0 Å². The maximum atomic E-state index is 12.2. The molecular weight excluding hydrogens is 452 g/mol. The highest BCUT2D eigenvalue weighted by Crippen LogP contribution is 2.38. The van der Waals surface area contributed by atoms with Crippen LogP contribution in [0.3, 0.4) is 0 Å². The minimum atomic E-state index is -0.107. The predicted octanol–water partition coefficient (Wildman–Crippen LogP) is 10.2. The summed E-state index contributed by atoms with van der Waals surface area (Å²) < 4.78 is 5.60. The molecule has 0 N–H and O–H groups in total. The van der Waals surface area contributed by atoms with Crippen molar-refractivity contribution in [1.82, 2.24) is 0 Å². The molecule has 0 radical (unpaired) electrons. The van der Waals surface area contributed by atoms with E-state index in [0.717, 1.165) is 37.5 Å². The van der Waals surface area contributed by atoms with E-state index in [-0.39, 0.29) is 5.97 Å². The Morgan fingerprint density at radius 3 is 2.03 bits per heavy atom. The maximum absolute atomic E-state index is 12.2. The van der Waals surface area contributed by atoms with Crippen molar-refractivity contribution in [3.05, 3.63) is 64.2 Å². The van der Waals surface area contributed by atoms with Crippen molar-refractivity contribution in [3.8, 4) is 5.75 Å². The lowest BCUT2D eigenvalue weighted by Crippen LogP contribution is -2.13. The maximum Gasteiger partial charge on any atom is 0.311 e. The van der Waals surface area contributed by atoms with E-state index in [1.54, 1.807) is 5.56 Å². The van der Waals surface area contributed by atoms with Gasteiger partial charge in [-0.15, -0.1) is 0 Å². The van der Waals surface area contributed by atoms with E-state index >= 15 is 0 Å². The number of carbonyl (C=O) groups is 1. The first-order chi connectivity index (χ1) is 18.0. The standard InChI is InChI=1S/C35H52O2/c1-5-7-9-10-12-14-35(36)37-34-24-23-31(28(4)26-34)20-19-30-21-22-33(25-27(30)3)32-17-15-29(16-18-32)13-11-8-6-2/h21-26,29,32H,5-20H2,1-4H3. The molecule has 204 valence electrons. The predicted molar refractivity (Wildman–Crippen MR) is 158 cm³/mol. The van der Waals surface area contributed by atoms with Crippen LogP contribution in [-0.2, 0) is 17.6 Å². The smallest absolute Gasteiger partial charge is 0.311 e. The second-order valence-electron chi connectivity index (χ2n) is 11.6. The van der Waals surface area contributed by atoms with Crippen molar-refractivity contribution in [2.75, 3.05) is 0 Å². The average Bonchev–Trinajstić information content (AvgIpc) is 2.89. The third-order valence-electron chi connectivity index (χ3n) is 8.59. The fraction of sp³-hybridized carbons (Fsp3) is 0.629. The van der Waals surface area contributed by atoms with E-state index in [4.69, 9.17) is 4.74 Å². The van der Waals surface area contributed by atoms with Crippen molar-refractivity contribution in [3.63, 3.8) is 0 Å². The first-order valence-corrected chi connectivity index (χ1v) is 15.4. The van der Waals surface area contributed by atoms with Crippen LogP contribution in [0, 0.1) is 19.8 Å². The summed E-state index contributed by atoms with van der Waals surface area (Å²) in [7, 11) is 0. The Bertz CT molecular complexity index is 952. The molecule has 0 aliphatic heterocycles. The molecule has 0 heterocycles. The van der Waals surface area contributed by atoms with Gasteiger partial charge < -0.3 is 4.74 Å². The summed E-state index contributed by atoms with van der Waals surface area (Å²) in [5.74, 6) is 2.30. The van der Waals surface area contributed by atoms with Crippen molar-refractivity contribution in [2.45, 2.75) is 136 Å². The number of ether oxygens (including phenoxy) is 1. The zero-order valence-electron chi connectivity index (χ0n) is 24.2. The van der Waals surface area contributed by atoms with Crippen molar-refractivity contribution in [2.24, 2.45) is 5.92 Å². The largest absolute Gasteiger partial charge is 0.427 e. The number of benzene rings is 2. The van der Waals surface area contributed by atoms with E-state index in [0.29, 0.717) is 12.2 Å². The molecule has 2 aromatic carbocycles. The van der Waals surface area contributed by atoms with Crippen molar-refractivity contribution < 1.29 is 9.53 Å². The van der Waals surface area contributed by atoms with Crippen LogP contribution in [0.15, 0.2) is 36.4 Å². The van der Waals surface area contributed by atoms with Crippen LogP contribution >= 0.6 is 0 Å². The molecule has 1 aliphatic carbocycles. The summed E-state index contributed by atoms with van der Waals surface area (Å²) >= 11 is 0. The molecule has 2 heteroatoms. The molecular formula is C35H52O2. The molecule has 2 nitrogen and oxygen atoms in total. The van der Waals surface area contributed by atoms with Gasteiger partial charge in [0.25, 0.3) is 0 Å². The van der Waals surface area contributed by atoms with Gasteiger partial charge in [0, 0.05) is 6.42 Å². The molecule has 0 bridgehead atoms. The highest BCUT2D eigenvalue weighted by Gasteiger charge is 2.22. The van der Waals surface area contributed by atoms with E-state index < -0.39 is 0 Å². The van der Waals surface area contributed by atoms with E-state index in [1.165, 1.54) is 92.9 Å². The van der Waals surface area contributed by atoms with Gasteiger partial charge in [-0.2, -0.15) is 0 Å². The molecule has 0 spiro atoms. The topological polar surface area (TPSA) is 26.3 Å². The molecule has 37 heavy (non-hydrogen) atoms. The van der Waals surface area contributed by atoms with Crippen molar-refractivity contribution >= 4 is 5.97 Å². The Morgan fingerprint density at radius 2 is 1.38 bits per heavy atom. The molecule has 1 saturated carbocycles. The van der Waals surface area contributed by atoms with Crippen molar-refractivity contribution in [1.29, 1.82) is 0 Å². The highest BCUT2D eigenvalue weighted by atomic mass is 16.5. The fourth-order valence-electron chi connectivity index (χ4n) is 6.06. The molecule has 0 amide bonds. The Morgan fingerprint density at radius 1 is 0.757 bits per heavy atom. The molecule has 0 aromatic heterocycles. The molecule has 0 saturated heterocycles. The highest BCUT2D eigenvalue weighted by molar-refractivity contribution is 5.72. The first-order valence-electron chi connectivity index (χ1n) is 15.4. The minimum absolute atomic E-state index is 0.107. The molecule has 0 atom stereocenters. The van der Waals surface area contributed by atoms with Crippen LogP contribution < -0.4 is 4.74 Å². The summed E-state index contributed by atoms with van der Waals surface area (Å²) in [6.45, 7) is 8.92. The number of rotatable bonds is 15. The van der Waals surface area contributed by atoms with Crippen LogP contribution in [-0.4, -0.2) is 5.97 Å². The van der Waals surface area contributed by atoms with Crippen LogP contribution in [0.4, 0.5) is 0 Å². The zero-order valence-corrected chi connectivity index (χ0v) is 24.2.